The van der Waals surface area contributed by atoms with Gasteiger partial charge >= 0.3 is 0 Å². The van der Waals surface area contributed by atoms with Crippen LogP contribution in [0.2, 0.25) is 0 Å². The summed E-state index contributed by atoms with van der Waals surface area (Å²) in [5.41, 5.74) is 5.14. The van der Waals surface area contributed by atoms with Crippen molar-refractivity contribution in [3.63, 3.8) is 0 Å². The van der Waals surface area contributed by atoms with Crippen LogP contribution in [0.1, 0.15) is 29.9 Å². The third kappa shape index (κ3) is 4.76. The van der Waals surface area contributed by atoms with Gasteiger partial charge in [0, 0.05) is 11.1 Å². The number of amides is 1. The fourth-order valence-electron chi connectivity index (χ4n) is 2.57. The van der Waals surface area contributed by atoms with E-state index in [1.165, 1.54) is 0 Å². The topological polar surface area (TPSA) is 88.6 Å². The summed E-state index contributed by atoms with van der Waals surface area (Å²) in [5.74, 6) is 1.12. The summed E-state index contributed by atoms with van der Waals surface area (Å²) in [6.07, 6.45) is 1.55. The first-order valence-electron chi connectivity index (χ1n) is 9.05. The Balaban J connectivity index is 1.64. The van der Waals surface area contributed by atoms with Gasteiger partial charge in [-0.2, -0.15) is 10.2 Å². The SMILES string of the molecule is CCOc1ccc(-c2cc(C(=O)N/N=C\c3ccccc3OCC)[nH]n2)cc1. The maximum Gasteiger partial charge on any atom is 0.289 e. The lowest BCUT2D eigenvalue weighted by molar-refractivity contribution is 0.0950. The van der Waals surface area contributed by atoms with E-state index in [9.17, 15) is 4.79 Å². The van der Waals surface area contributed by atoms with Gasteiger partial charge in [-0.15, -0.1) is 0 Å². The zero-order chi connectivity index (χ0) is 19.8. The Kier molecular flexibility index (Phi) is 6.41. The Morgan fingerprint density at radius 2 is 1.86 bits per heavy atom. The normalized spacial score (nSPS) is 10.8. The number of H-pyrrole nitrogens is 1. The first-order valence-corrected chi connectivity index (χ1v) is 9.05. The fourth-order valence-corrected chi connectivity index (χ4v) is 2.57. The van der Waals surface area contributed by atoms with Crippen LogP contribution in [0, 0.1) is 0 Å². The van der Waals surface area contributed by atoms with E-state index >= 15 is 0 Å². The molecule has 1 heterocycles. The van der Waals surface area contributed by atoms with Crippen LogP contribution >= 0.6 is 0 Å². The van der Waals surface area contributed by atoms with Crippen LogP contribution < -0.4 is 14.9 Å². The maximum atomic E-state index is 12.3. The van der Waals surface area contributed by atoms with Gasteiger partial charge in [0.25, 0.3) is 5.91 Å². The number of nitrogens with zero attached hydrogens (tertiary/aromatic N) is 2. The average Bonchev–Trinajstić information content (AvgIpc) is 3.21. The number of hydrogen-bond acceptors (Lipinski definition) is 5. The first-order chi connectivity index (χ1) is 13.7. The van der Waals surface area contributed by atoms with Crippen molar-refractivity contribution in [1.29, 1.82) is 0 Å². The van der Waals surface area contributed by atoms with Gasteiger partial charge in [-0.05, 0) is 56.3 Å². The van der Waals surface area contributed by atoms with Crippen molar-refractivity contribution in [2.45, 2.75) is 13.8 Å². The molecule has 0 spiro atoms. The van der Waals surface area contributed by atoms with Gasteiger partial charge in [-0.25, -0.2) is 5.43 Å². The summed E-state index contributed by atoms with van der Waals surface area (Å²) in [6, 6.07) is 16.7. The van der Waals surface area contributed by atoms with E-state index in [1.807, 2.05) is 62.4 Å². The molecule has 0 fully saturated rings. The van der Waals surface area contributed by atoms with Crippen molar-refractivity contribution in [1.82, 2.24) is 15.6 Å². The lowest BCUT2D eigenvalue weighted by Crippen LogP contribution is -2.18. The fraction of sp³-hybridized carbons (Fsp3) is 0.190. The van der Waals surface area contributed by atoms with E-state index in [1.54, 1.807) is 12.3 Å². The summed E-state index contributed by atoms with van der Waals surface area (Å²) >= 11 is 0. The third-order valence-electron chi connectivity index (χ3n) is 3.87. The number of para-hydroxylation sites is 1. The molecule has 0 aliphatic carbocycles. The number of hydrogen-bond donors (Lipinski definition) is 2. The van der Waals surface area contributed by atoms with E-state index < -0.39 is 0 Å². The summed E-state index contributed by atoms with van der Waals surface area (Å²) in [7, 11) is 0. The molecule has 1 amide bonds. The zero-order valence-corrected chi connectivity index (χ0v) is 15.8. The Morgan fingerprint density at radius 3 is 2.61 bits per heavy atom. The summed E-state index contributed by atoms with van der Waals surface area (Å²) in [5, 5.41) is 10.9. The molecule has 0 saturated carbocycles. The minimum Gasteiger partial charge on any atom is -0.494 e. The number of carbonyl (C=O) groups is 1. The van der Waals surface area contributed by atoms with Gasteiger partial charge in [0.15, 0.2) is 0 Å². The van der Waals surface area contributed by atoms with Crippen molar-refractivity contribution in [2.24, 2.45) is 5.10 Å². The number of hydrazone groups is 1. The molecule has 7 heteroatoms. The Bertz CT molecular complexity index is 948. The Hall–Kier alpha value is -3.61. The van der Waals surface area contributed by atoms with Crippen LogP contribution in [-0.4, -0.2) is 35.5 Å². The number of carbonyl (C=O) groups excluding carboxylic acids is 1. The number of ether oxygens (including phenoxy) is 2. The molecule has 0 bridgehead atoms. The highest BCUT2D eigenvalue weighted by Gasteiger charge is 2.10. The van der Waals surface area contributed by atoms with E-state index in [-0.39, 0.29) is 5.91 Å². The second-order valence-corrected chi connectivity index (χ2v) is 5.79. The van der Waals surface area contributed by atoms with E-state index in [0.29, 0.717) is 30.4 Å². The molecular formula is C21H22N4O3. The van der Waals surface area contributed by atoms with Gasteiger partial charge in [-0.1, -0.05) is 12.1 Å². The number of nitrogens with one attached hydrogen (secondary N) is 2. The predicted molar refractivity (Wildman–Crippen MR) is 108 cm³/mol. The van der Waals surface area contributed by atoms with Gasteiger partial charge in [-0.3, -0.25) is 9.89 Å². The van der Waals surface area contributed by atoms with Crippen molar-refractivity contribution >= 4 is 12.1 Å². The van der Waals surface area contributed by atoms with Gasteiger partial charge < -0.3 is 9.47 Å². The maximum absolute atomic E-state index is 12.3. The lowest BCUT2D eigenvalue weighted by atomic mass is 10.1. The Morgan fingerprint density at radius 1 is 1.11 bits per heavy atom. The van der Waals surface area contributed by atoms with Crippen molar-refractivity contribution in [2.75, 3.05) is 13.2 Å². The highest BCUT2D eigenvalue weighted by atomic mass is 16.5. The molecule has 0 atom stereocenters. The number of benzene rings is 2. The van der Waals surface area contributed by atoms with E-state index in [4.69, 9.17) is 9.47 Å². The number of aromatic nitrogens is 2. The van der Waals surface area contributed by atoms with E-state index in [2.05, 4.69) is 20.7 Å². The molecule has 1 aromatic heterocycles. The first kappa shape index (κ1) is 19.2. The average molecular weight is 378 g/mol. The summed E-state index contributed by atoms with van der Waals surface area (Å²) < 4.78 is 11.0. The molecule has 0 saturated heterocycles. The molecule has 7 nitrogen and oxygen atoms in total. The monoisotopic (exact) mass is 378 g/mol. The molecule has 144 valence electrons. The molecule has 0 aliphatic heterocycles. The van der Waals surface area contributed by atoms with Crippen molar-refractivity contribution in [3.05, 3.63) is 65.9 Å². The minimum atomic E-state index is -0.380. The lowest BCUT2D eigenvalue weighted by Gasteiger charge is -2.05. The molecule has 2 N–H and O–H groups in total. The molecule has 2 aromatic carbocycles. The second-order valence-electron chi connectivity index (χ2n) is 5.79. The van der Waals surface area contributed by atoms with E-state index in [0.717, 1.165) is 16.9 Å². The van der Waals surface area contributed by atoms with Crippen LogP contribution in [0.25, 0.3) is 11.3 Å². The van der Waals surface area contributed by atoms with Gasteiger partial charge in [0.1, 0.15) is 17.2 Å². The van der Waals surface area contributed by atoms with Gasteiger partial charge in [0.2, 0.25) is 0 Å². The highest BCUT2D eigenvalue weighted by molar-refractivity contribution is 5.94. The van der Waals surface area contributed by atoms with Crippen LogP contribution in [0.3, 0.4) is 0 Å². The molecule has 3 aromatic rings. The Labute approximate surface area is 163 Å². The number of rotatable bonds is 8. The molecule has 0 aliphatic rings. The van der Waals surface area contributed by atoms with Crippen LogP contribution in [0.4, 0.5) is 0 Å². The predicted octanol–water partition coefficient (Wildman–Crippen LogP) is 3.64. The largest absolute Gasteiger partial charge is 0.494 e. The standard InChI is InChI=1S/C21H22N4O3/c1-3-27-17-11-9-15(10-12-17)18-13-19(24-23-18)21(26)25-22-14-16-7-5-6-8-20(16)28-4-2/h5-14H,3-4H2,1-2H3,(H,23,24)(H,25,26)/b22-14-. The molecule has 3 rings (SSSR count). The second kappa shape index (κ2) is 9.36. The zero-order valence-electron chi connectivity index (χ0n) is 15.8. The molecular weight excluding hydrogens is 356 g/mol. The van der Waals surface area contributed by atoms with Crippen molar-refractivity contribution in [3.8, 4) is 22.8 Å². The summed E-state index contributed by atoms with van der Waals surface area (Å²) in [6.45, 7) is 5.02. The molecule has 28 heavy (non-hydrogen) atoms. The van der Waals surface area contributed by atoms with Gasteiger partial charge in [0.05, 0.1) is 25.1 Å². The minimum absolute atomic E-state index is 0.319. The quantitative estimate of drug-likeness (QED) is 0.463. The van der Waals surface area contributed by atoms with Crippen molar-refractivity contribution < 1.29 is 14.3 Å². The number of aromatic amines is 1. The third-order valence-corrected chi connectivity index (χ3v) is 3.87. The molecule has 0 radical (unpaired) electrons. The summed E-state index contributed by atoms with van der Waals surface area (Å²) in [4.78, 5) is 12.3. The molecule has 0 unspecified atom stereocenters. The van der Waals surface area contributed by atoms with Crippen LogP contribution in [-0.2, 0) is 0 Å². The van der Waals surface area contributed by atoms with Crippen LogP contribution in [0.5, 0.6) is 11.5 Å². The van der Waals surface area contributed by atoms with Crippen LogP contribution in [0.15, 0.2) is 59.7 Å². The smallest absolute Gasteiger partial charge is 0.289 e. The highest BCUT2D eigenvalue weighted by Crippen LogP contribution is 2.21.